The van der Waals surface area contributed by atoms with E-state index in [0.29, 0.717) is 11.1 Å². The van der Waals surface area contributed by atoms with Crippen molar-refractivity contribution in [2.45, 2.75) is 63.5 Å². The minimum Gasteiger partial charge on any atom is -0.145 e. The lowest BCUT2D eigenvalue weighted by molar-refractivity contribution is 0.493. The van der Waals surface area contributed by atoms with E-state index in [1.165, 1.54) is 32.1 Å². The summed E-state index contributed by atoms with van der Waals surface area (Å²) in [5.41, 5.74) is 1.22. The van der Waals surface area contributed by atoms with Gasteiger partial charge in [-0.25, -0.2) is 0 Å². The van der Waals surface area contributed by atoms with Gasteiger partial charge in [-0.05, 0) is 11.1 Å². The Kier molecular flexibility index (Phi) is 4.60. The number of rotatable bonds is 3. The summed E-state index contributed by atoms with van der Waals surface area (Å²) < 4.78 is 0. The van der Waals surface area contributed by atoms with Gasteiger partial charge in [-0.2, -0.15) is 0 Å². The summed E-state index contributed by atoms with van der Waals surface area (Å²) in [5, 5.41) is 0. The second-order valence-electron chi connectivity index (χ2n) is 4.32. The van der Waals surface area contributed by atoms with Crippen LogP contribution in [0.15, 0.2) is 0 Å². The molecule has 1 rings (SSSR count). The van der Waals surface area contributed by atoms with Crippen molar-refractivity contribution in [2.75, 3.05) is 0 Å². The van der Waals surface area contributed by atoms with E-state index in [2.05, 4.69) is 13.8 Å². The zero-order chi connectivity index (χ0) is 9.90. The molecule has 0 spiro atoms. The molecule has 1 atom stereocenters. The molecule has 1 aliphatic carbocycles. The molecule has 0 saturated heterocycles. The smallest absolute Gasteiger partial charge is 0.145 e. The molecule has 0 radical (unpaired) electrons. The van der Waals surface area contributed by atoms with E-state index in [4.69, 9.17) is 22.2 Å². The predicted octanol–water partition coefficient (Wildman–Crippen LogP) is 5.04. The third-order valence-electron chi connectivity index (χ3n) is 3.42. The lowest BCUT2D eigenvalue weighted by atomic mass is 10.0. The fourth-order valence-electron chi connectivity index (χ4n) is 2.16. The first kappa shape index (κ1) is 11.9. The molecule has 0 nitrogen and oxygen atoms in total. The van der Waals surface area contributed by atoms with E-state index in [1.807, 2.05) is 0 Å². The average molecular weight is 239 g/mol. The summed E-state index contributed by atoms with van der Waals surface area (Å²) in [7, 11) is 0. The normalized spacial score (nSPS) is 23.1. The van der Waals surface area contributed by atoms with E-state index in [9.17, 15) is 0 Å². The van der Waals surface area contributed by atoms with Crippen molar-refractivity contribution in [1.29, 1.82) is 0 Å². The van der Waals surface area contributed by atoms with Crippen molar-refractivity contribution in [1.82, 2.24) is 0 Å². The highest BCUT2D eigenvalue weighted by Crippen LogP contribution is 2.48. The number of hydrogen-bond acceptors (Lipinski definition) is 0. The zero-order valence-corrected chi connectivity index (χ0v) is 11.2. The lowest BCUT2D eigenvalue weighted by Gasteiger charge is -2.34. The Labute approximate surface area is 92.4 Å². The van der Waals surface area contributed by atoms with Crippen LogP contribution in [0.25, 0.3) is 0 Å². The van der Waals surface area contributed by atoms with Crippen LogP contribution in [0.3, 0.4) is 0 Å². The average Bonchev–Trinajstić information content (AvgIpc) is 2.18. The summed E-state index contributed by atoms with van der Waals surface area (Å²) in [6.07, 6.45) is 7.77. The zero-order valence-electron chi connectivity index (χ0n) is 8.65. The van der Waals surface area contributed by atoms with Crippen LogP contribution >= 0.6 is 22.2 Å². The highest BCUT2D eigenvalue weighted by atomic mass is 35.7. The Balaban J connectivity index is 2.55. The third-order valence-corrected chi connectivity index (χ3v) is 10.9. The van der Waals surface area contributed by atoms with Crippen LogP contribution in [-0.4, -0.2) is 6.69 Å². The second-order valence-corrected chi connectivity index (χ2v) is 11.8. The van der Waals surface area contributed by atoms with Gasteiger partial charge in [0, 0.05) is 0 Å². The Morgan fingerprint density at radius 2 is 1.77 bits per heavy atom. The molecular weight excluding hydrogens is 219 g/mol. The molecule has 1 aliphatic rings. The SMILES string of the molecule is CCC(C)[Si](Cl)(Cl)C1CCCCC1. The first-order valence-corrected chi connectivity index (χ1v) is 9.64. The molecule has 13 heavy (non-hydrogen) atoms. The largest absolute Gasteiger partial charge is 0.257 e. The van der Waals surface area contributed by atoms with Crippen LogP contribution in [0.4, 0.5) is 0 Å². The number of halogens is 2. The fraction of sp³-hybridized carbons (Fsp3) is 1.00. The van der Waals surface area contributed by atoms with Crippen molar-refractivity contribution in [3.05, 3.63) is 0 Å². The highest BCUT2D eigenvalue weighted by molar-refractivity contribution is 7.46. The van der Waals surface area contributed by atoms with Crippen molar-refractivity contribution < 1.29 is 0 Å². The first-order valence-electron chi connectivity index (χ1n) is 5.46. The molecule has 0 N–H and O–H groups in total. The van der Waals surface area contributed by atoms with Gasteiger partial charge in [-0.3, -0.25) is 0 Å². The molecule has 3 heteroatoms. The fourth-order valence-corrected chi connectivity index (χ4v) is 6.92. The summed E-state index contributed by atoms with van der Waals surface area (Å²) in [4.78, 5) is 0. The van der Waals surface area contributed by atoms with E-state index < -0.39 is 6.69 Å². The minimum absolute atomic E-state index is 0.555. The topological polar surface area (TPSA) is 0 Å². The second kappa shape index (κ2) is 5.04. The monoisotopic (exact) mass is 238 g/mol. The molecule has 0 bridgehead atoms. The van der Waals surface area contributed by atoms with Gasteiger partial charge in [0.15, 0.2) is 0 Å². The van der Waals surface area contributed by atoms with Crippen LogP contribution in [0, 0.1) is 0 Å². The summed E-state index contributed by atoms with van der Waals surface area (Å²) in [5.74, 6) is 0. The summed E-state index contributed by atoms with van der Waals surface area (Å²) in [6.45, 7) is 2.46. The maximum absolute atomic E-state index is 6.57. The van der Waals surface area contributed by atoms with Crippen LogP contribution in [0.2, 0.25) is 11.1 Å². The van der Waals surface area contributed by atoms with E-state index in [0.717, 1.165) is 6.42 Å². The minimum atomic E-state index is -1.96. The molecule has 1 saturated carbocycles. The maximum Gasteiger partial charge on any atom is 0.257 e. The van der Waals surface area contributed by atoms with Crippen molar-refractivity contribution >= 4 is 28.9 Å². The van der Waals surface area contributed by atoms with Gasteiger partial charge in [0.05, 0.1) is 0 Å². The molecule has 0 aromatic carbocycles. The Bertz CT molecular complexity index is 153. The van der Waals surface area contributed by atoms with E-state index in [1.54, 1.807) is 0 Å². The molecule has 0 heterocycles. The van der Waals surface area contributed by atoms with Crippen LogP contribution in [-0.2, 0) is 0 Å². The maximum atomic E-state index is 6.57. The number of hydrogen-bond donors (Lipinski definition) is 0. The highest BCUT2D eigenvalue weighted by Gasteiger charge is 2.42. The summed E-state index contributed by atoms with van der Waals surface area (Å²) >= 11 is 13.1. The molecule has 0 aromatic heterocycles. The van der Waals surface area contributed by atoms with Gasteiger partial charge >= 0.3 is 0 Å². The van der Waals surface area contributed by atoms with Gasteiger partial charge in [-0.1, -0.05) is 52.4 Å². The molecule has 78 valence electrons. The molecule has 0 amide bonds. The van der Waals surface area contributed by atoms with Gasteiger partial charge < -0.3 is 0 Å². The van der Waals surface area contributed by atoms with Crippen LogP contribution in [0.5, 0.6) is 0 Å². The van der Waals surface area contributed by atoms with E-state index >= 15 is 0 Å². The molecule has 0 aliphatic heterocycles. The van der Waals surface area contributed by atoms with E-state index in [-0.39, 0.29) is 0 Å². The third kappa shape index (κ3) is 2.87. The summed E-state index contributed by atoms with van der Waals surface area (Å²) in [6, 6.07) is 0. The molecule has 1 unspecified atom stereocenters. The first-order chi connectivity index (χ1) is 6.09. The van der Waals surface area contributed by atoms with Crippen LogP contribution < -0.4 is 0 Å². The van der Waals surface area contributed by atoms with Gasteiger partial charge in [0.1, 0.15) is 0 Å². The van der Waals surface area contributed by atoms with Gasteiger partial charge in [0.2, 0.25) is 0 Å². The van der Waals surface area contributed by atoms with Gasteiger partial charge in [-0.15, -0.1) is 22.2 Å². The van der Waals surface area contributed by atoms with Crippen molar-refractivity contribution in [3.8, 4) is 0 Å². The lowest BCUT2D eigenvalue weighted by Crippen LogP contribution is -2.33. The Morgan fingerprint density at radius 1 is 1.23 bits per heavy atom. The molecule has 0 aromatic rings. The predicted molar refractivity (Wildman–Crippen MR) is 64.0 cm³/mol. The van der Waals surface area contributed by atoms with Gasteiger partial charge in [0.25, 0.3) is 6.69 Å². The Morgan fingerprint density at radius 3 is 2.23 bits per heavy atom. The Hall–Kier alpha value is 0.797. The molecule has 1 fully saturated rings. The standard InChI is InChI=1S/C10H20Cl2Si/c1-3-9(2)13(11,12)10-7-5-4-6-8-10/h9-10H,3-8H2,1-2H3. The van der Waals surface area contributed by atoms with Crippen molar-refractivity contribution in [2.24, 2.45) is 0 Å². The quantitative estimate of drug-likeness (QED) is 0.478. The van der Waals surface area contributed by atoms with Crippen LogP contribution in [0.1, 0.15) is 52.4 Å². The molecular formula is C10H20Cl2Si. The van der Waals surface area contributed by atoms with Crippen molar-refractivity contribution in [3.63, 3.8) is 0 Å².